The number of hydrogen-bond acceptors (Lipinski definition) is 5. The summed E-state index contributed by atoms with van der Waals surface area (Å²) in [5.74, 6) is 1.94. The van der Waals surface area contributed by atoms with Crippen molar-refractivity contribution in [2.24, 2.45) is 0 Å². The molecule has 13 rings (SSSR count). The van der Waals surface area contributed by atoms with Crippen molar-refractivity contribution in [3.8, 4) is 67.5 Å². The van der Waals surface area contributed by atoms with Gasteiger partial charge in [0, 0.05) is 46.7 Å². The molecule has 0 radical (unpaired) electrons. The largest absolute Gasteiger partial charge is 0.208 e. The van der Waals surface area contributed by atoms with Crippen molar-refractivity contribution in [3.05, 3.63) is 235 Å². The number of hydrogen-bond donors (Lipinski definition) is 0. The van der Waals surface area contributed by atoms with E-state index < -0.39 is 5.41 Å². The second-order valence-electron chi connectivity index (χ2n) is 16.3. The van der Waals surface area contributed by atoms with Crippen LogP contribution in [0.2, 0.25) is 0 Å². The molecule has 1 aliphatic carbocycles. The van der Waals surface area contributed by atoms with Crippen molar-refractivity contribution < 1.29 is 0 Å². The summed E-state index contributed by atoms with van der Waals surface area (Å²) < 4.78 is 2.66. The molecule has 0 saturated carbocycles. The molecule has 3 heterocycles. The molecular weight excluding hydrogens is 803 g/mol. The summed E-state index contributed by atoms with van der Waals surface area (Å²) in [5, 5.41) is 2.65. The van der Waals surface area contributed by atoms with Gasteiger partial charge in [-0.05, 0) is 104 Å². The van der Waals surface area contributed by atoms with Crippen LogP contribution in [0.4, 0.5) is 0 Å². The maximum absolute atomic E-state index is 5.03. The molecule has 0 atom stereocenters. The van der Waals surface area contributed by atoms with Gasteiger partial charge in [0.1, 0.15) is 0 Å². The van der Waals surface area contributed by atoms with Crippen LogP contribution < -0.4 is 0 Å². The molecule has 0 fully saturated rings. The van der Waals surface area contributed by atoms with Crippen molar-refractivity contribution in [1.29, 1.82) is 0 Å². The summed E-state index contributed by atoms with van der Waals surface area (Å²) in [7, 11) is 0. The molecule has 11 aromatic rings. The zero-order chi connectivity index (χ0) is 41.5. The molecule has 3 nitrogen and oxygen atoms in total. The summed E-state index contributed by atoms with van der Waals surface area (Å²) in [5.41, 5.74) is 15.0. The lowest BCUT2D eigenvalue weighted by atomic mass is 9.67. The second kappa shape index (κ2) is 14.3. The highest BCUT2D eigenvalue weighted by atomic mass is 32.2. The van der Waals surface area contributed by atoms with Gasteiger partial charge >= 0.3 is 0 Å². The first kappa shape index (κ1) is 36.2. The third-order valence-corrected chi connectivity index (χ3v) is 15.1. The maximum Gasteiger partial charge on any atom is 0.164 e. The Morgan fingerprint density at radius 3 is 1.44 bits per heavy atom. The highest BCUT2D eigenvalue weighted by Crippen LogP contribution is 2.63. The minimum Gasteiger partial charge on any atom is -0.208 e. The average Bonchev–Trinajstić information content (AvgIpc) is 3.86. The van der Waals surface area contributed by atoms with Crippen molar-refractivity contribution in [3.63, 3.8) is 0 Å². The highest BCUT2D eigenvalue weighted by molar-refractivity contribution is 7.99. The molecule has 2 aromatic heterocycles. The monoisotopic (exact) mass is 837 g/mol. The van der Waals surface area contributed by atoms with Gasteiger partial charge in [-0.3, -0.25) is 0 Å². The van der Waals surface area contributed by atoms with Crippen LogP contribution in [-0.2, 0) is 5.41 Å². The van der Waals surface area contributed by atoms with Crippen LogP contribution in [0, 0.1) is 0 Å². The Bertz CT molecular complexity index is 3510. The maximum atomic E-state index is 5.03. The Labute approximate surface area is 373 Å². The second-order valence-corrected chi connectivity index (χ2v) is 18.5. The Morgan fingerprint density at radius 2 is 0.794 bits per heavy atom. The van der Waals surface area contributed by atoms with Crippen molar-refractivity contribution in [2.45, 2.75) is 15.2 Å². The summed E-state index contributed by atoms with van der Waals surface area (Å²) in [6, 6.07) is 77.0. The average molecular weight is 838 g/mol. The van der Waals surface area contributed by atoms with Gasteiger partial charge in [0.25, 0.3) is 0 Å². The SMILES string of the molecule is c1ccc(-c2nc(-c3ccccc3)nc(-c3cccc(-c4cccc(-c5ccc6c(c5)C5(c7ccccc7Sc7ccccc75)c5cc7sc8ccccc8c7cc5-6)c4)c3)n2)cc1. The molecule has 5 heteroatoms. The molecule has 2 aliphatic rings. The number of aromatic nitrogens is 3. The van der Waals surface area contributed by atoms with Gasteiger partial charge in [0.05, 0.1) is 5.41 Å². The zero-order valence-corrected chi connectivity index (χ0v) is 35.5. The molecule has 1 aliphatic heterocycles. The Balaban J connectivity index is 0.963. The van der Waals surface area contributed by atoms with E-state index in [0.717, 1.165) is 27.8 Å². The van der Waals surface area contributed by atoms with E-state index >= 15 is 0 Å². The minimum atomic E-state index is -0.475. The highest BCUT2D eigenvalue weighted by Gasteiger charge is 2.50. The van der Waals surface area contributed by atoms with E-state index in [1.54, 1.807) is 0 Å². The predicted molar refractivity (Wildman–Crippen MR) is 261 cm³/mol. The van der Waals surface area contributed by atoms with Gasteiger partial charge < -0.3 is 0 Å². The minimum absolute atomic E-state index is 0.475. The van der Waals surface area contributed by atoms with E-state index in [1.165, 1.54) is 74.5 Å². The zero-order valence-electron chi connectivity index (χ0n) is 33.9. The summed E-state index contributed by atoms with van der Waals surface area (Å²) in [4.78, 5) is 17.6. The molecule has 0 bridgehead atoms. The lowest BCUT2D eigenvalue weighted by Crippen LogP contribution is -2.32. The summed E-state index contributed by atoms with van der Waals surface area (Å²) >= 11 is 3.79. The first-order valence-electron chi connectivity index (χ1n) is 21.2. The fraction of sp³-hybridized carbons (Fsp3) is 0.0172. The quantitative estimate of drug-likeness (QED) is 0.173. The fourth-order valence-corrected chi connectivity index (χ4v) is 12.3. The van der Waals surface area contributed by atoms with Gasteiger partial charge in [0.2, 0.25) is 0 Å². The molecule has 1 spiro atoms. The first-order chi connectivity index (χ1) is 31.2. The van der Waals surface area contributed by atoms with Gasteiger partial charge in [0.15, 0.2) is 17.5 Å². The van der Waals surface area contributed by atoms with Crippen LogP contribution in [0.1, 0.15) is 22.3 Å². The number of rotatable bonds is 5. The van der Waals surface area contributed by atoms with Crippen molar-refractivity contribution in [2.75, 3.05) is 0 Å². The molecule has 0 amide bonds. The van der Waals surface area contributed by atoms with Crippen molar-refractivity contribution >= 4 is 43.3 Å². The van der Waals surface area contributed by atoms with Crippen LogP contribution in [-0.4, -0.2) is 15.0 Å². The first-order valence-corrected chi connectivity index (χ1v) is 22.9. The Kier molecular flexibility index (Phi) is 8.23. The van der Waals surface area contributed by atoms with Gasteiger partial charge in [-0.1, -0.05) is 176 Å². The molecule has 294 valence electrons. The number of benzene rings is 9. The number of fused-ring (bicyclic) bond motifs is 12. The van der Waals surface area contributed by atoms with Crippen LogP contribution in [0.5, 0.6) is 0 Å². The molecule has 0 N–H and O–H groups in total. The molecule has 63 heavy (non-hydrogen) atoms. The van der Waals surface area contributed by atoms with Crippen molar-refractivity contribution in [1.82, 2.24) is 15.0 Å². The van der Waals surface area contributed by atoms with E-state index in [-0.39, 0.29) is 0 Å². The van der Waals surface area contributed by atoms with Gasteiger partial charge in [-0.2, -0.15) is 0 Å². The van der Waals surface area contributed by atoms with E-state index in [2.05, 4.69) is 152 Å². The van der Waals surface area contributed by atoms with E-state index in [1.807, 2.05) is 83.8 Å². The Hall–Kier alpha value is -7.44. The standard InChI is InChI=1S/C58H35N3S2/c1-3-15-36(16-4-1)55-59-56(37-17-5-2-6-18-37)61-57(60-55)42-22-14-21-40(32-42)38-19-13-20-39(31-38)41-29-30-43-45-34-46-44-23-7-10-26-51(44)62-54(46)35-50(45)58(49(43)33-41)47-24-8-11-27-52(47)63-53-28-12-9-25-48(53)58/h1-35H. The van der Waals surface area contributed by atoms with Crippen LogP contribution in [0.3, 0.4) is 0 Å². The molecule has 0 saturated heterocycles. The lowest BCUT2D eigenvalue weighted by molar-refractivity contribution is 0.723. The smallest absolute Gasteiger partial charge is 0.164 e. The van der Waals surface area contributed by atoms with E-state index in [0.29, 0.717) is 17.5 Å². The third kappa shape index (κ3) is 5.70. The third-order valence-electron chi connectivity index (χ3n) is 12.8. The van der Waals surface area contributed by atoms with E-state index in [4.69, 9.17) is 15.0 Å². The van der Waals surface area contributed by atoms with E-state index in [9.17, 15) is 0 Å². The summed E-state index contributed by atoms with van der Waals surface area (Å²) in [6.45, 7) is 0. The lowest BCUT2D eigenvalue weighted by Gasteiger charge is -2.39. The molecule has 0 unspecified atom stereocenters. The predicted octanol–water partition coefficient (Wildman–Crippen LogP) is 15.4. The summed E-state index contributed by atoms with van der Waals surface area (Å²) in [6.07, 6.45) is 0. The van der Waals surface area contributed by atoms with Crippen LogP contribution in [0.25, 0.3) is 87.7 Å². The number of thiophene rings is 1. The van der Waals surface area contributed by atoms with Gasteiger partial charge in [-0.25, -0.2) is 15.0 Å². The normalized spacial score (nSPS) is 13.1. The van der Waals surface area contributed by atoms with Crippen LogP contribution >= 0.6 is 23.1 Å². The number of nitrogens with zero attached hydrogens (tertiary/aromatic N) is 3. The van der Waals surface area contributed by atoms with Crippen LogP contribution in [0.15, 0.2) is 222 Å². The molecule has 9 aromatic carbocycles. The molecular formula is C58H35N3S2. The Morgan fingerprint density at radius 1 is 0.302 bits per heavy atom. The van der Waals surface area contributed by atoms with Gasteiger partial charge in [-0.15, -0.1) is 11.3 Å². The topological polar surface area (TPSA) is 38.7 Å². The fourth-order valence-electron chi connectivity index (χ4n) is 9.95.